The minimum Gasteiger partial charge on any atom is -0.328 e. The van der Waals surface area contributed by atoms with Crippen molar-refractivity contribution in [3.63, 3.8) is 0 Å². The highest BCUT2D eigenvalue weighted by molar-refractivity contribution is 5.22. The lowest BCUT2D eigenvalue weighted by Gasteiger charge is -2.37. The number of benzene rings is 1. The minimum atomic E-state index is 0.456. The highest BCUT2D eigenvalue weighted by Crippen LogP contribution is 2.34. The molecule has 18 heavy (non-hydrogen) atoms. The number of piperidine rings is 1. The molecule has 2 fully saturated rings. The van der Waals surface area contributed by atoms with Gasteiger partial charge in [-0.25, -0.2) is 0 Å². The molecule has 0 saturated carbocycles. The number of nitrogens with two attached hydrogens (primary N) is 1. The maximum atomic E-state index is 6.12. The van der Waals surface area contributed by atoms with Crippen LogP contribution in [0.25, 0.3) is 0 Å². The normalized spacial score (nSPS) is 31.8. The summed E-state index contributed by atoms with van der Waals surface area (Å²) in [5.41, 5.74) is 8.97. The van der Waals surface area contributed by atoms with E-state index < -0.39 is 0 Å². The van der Waals surface area contributed by atoms with Gasteiger partial charge in [-0.2, -0.15) is 0 Å². The molecule has 3 rings (SSSR count). The first-order chi connectivity index (χ1) is 8.72. The summed E-state index contributed by atoms with van der Waals surface area (Å²) in [6, 6.07) is 10.9. The van der Waals surface area contributed by atoms with Gasteiger partial charge >= 0.3 is 0 Å². The van der Waals surface area contributed by atoms with Crippen molar-refractivity contribution in [1.29, 1.82) is 0 Å². The van der Waals surface area contributed by atoms with Crippen molar-refractivity contribution in [2.24, 2.45) is 5.73 Å². The van der Waals surface area contributed by atoms with Crippen LogP contribution in [0.3, 0.4) is 0 Å². The van der Waals surface area contributed by atoms with Gasteiger partial charge in [0.05, 0.1) is 0 Å². The van der Waals surface area contributed by atoms with Gasteiger partial charge in [0.2, 0.25) is 0 Å². The Balaban J connectivity index is 1.61. The third-order valence-electron chi connectivity index (χ3n) is 4.66. The molecule has 1 aromatic rings. The van der Waals surface area contributed by atoms with Crippen molar-refractivity contribution in [2.45, 2.75) is 57.2 Å². The van der Waals surface area contributed by atoms with Crippen molar-refractivity contribution < 1.29 is 0 Å². The average Bonchev–Trinajstić information content (AvgIpc) is 2.57. The number of fused-ring (bicyclic) bond motifs is 2. The maximum Gasteiger partial charge on any atom is 0.0114 e. The van der Waals surface area contributed by atoms with Crippen LogP contribution < -0.4 is 5.73 Å². The van der Waals surface area contributed by atoms with E-state index in [1.54, 1.807) is 0 Å². The third kappa shape index (κ3) is 2.45. The smallest absolute Gasteiger partial charge is 0.0114 e. The number of nitrogens with zero attached hydrogens (tertiary/aromatic N) is 1. The highest BCUT2D eigenvalue weighted by atomic mass is 15.2. The van der Waals surface area contributed by atoms with Crippen molar-refractivity contribution in [3.8, 4) is 0 Å². The standard InChI is InChI=1S/C16H24N2/c1-12-3-2-4-13(9-12)7-8-18-15-5-6-16(18)11-14(17)10-15/h2-4,9,14-16H,5-8,10-11,17H2,1H3. The van der Waals surface area contributed by atoms with E-state index in [4.69, 9.17) is 5.73 Å². The Hall–Kier alpha value is -0.860. The first kappa shape index (κ1) is 12.2. The molecule has 2 atom stereocenters. The summed E-state index contributed by atoms with van der Waals surface area (Å²) in [4.78, 5) is 2.73. The number of aryl methyl sites for hydroxylation is 1. The quantitative estimate of drug-likeness (QED) is 0.885. The average molecular weight is 244 g/mol. The number of rotatable bonds is 3. The molecule has 2 aliphatic heterocycles. The zero-order valence-electron chi connectivity index (χ0n) is 11.3. The molecular formula is C16H24N2. The molecule has 2 heterocycles. The van der Waals surface area contributed by atoms with E-state index in [0.29, 0.717) is 6.04 Å². The lowest BCUT2D eigenvalue weighted by Crippen LogP contribution is -2.48. The van der Waals surface area contributed by atoms with Gasteiger partial charge in [0.25, 0.3) is 0 Å². The highest BCUT2D eigenvalue weighted by Gasteiger charge is 2.38. The van der Waals surface area contributed by atoms with Gasteiger partial charge in [-0.05, 0) is 44.6 Å². The predicted octanol–water partition coefficient (Wildman–Crippen LogP) is 2.49. The van der Waals surface area contributed by atoms with Crippen molar-refractivity contribution in [1.82, 2.24) is 4.90 Å². The number of hydrogen-bond donors (Lipinski definition) is 1. The Morgan fingerprint density at radius 3 is 2.61 bits per heavy atom. The van der Waals surface area contributed by atoms with E-state index in [0.717, 1.165) is 12.1 Å². The maximum absolute atomic E-state index is 6.12. The van der Waals surface area contributed by atoms with E-state index in [1.165, 1.54) is 49.8 Å². The minimum absolute atomic E-state index is 0.456. The van der Waals surface area contributed by atoms with Crippen LogP contribution in [0.15, 0.2) is 24.3 Å². The molecule has 0 radical (unpaired) electrons. The van der Waals surface area contributed by atoms with Crippen LogP contribution in [0.4, 0.5) is 0 Å². The van der Waals surface area contributed by atoms with E-state index in [1.807, 2.05) is 0 Å². The Kier molecular flexibility index (Phi) is 3.40. The predicted molar refractivity (Wildman–Crippen MR) is 75.6 cm³/mol. The fraction of sp³-hybridized carbons (Fsp3) is 0.625. The van der Waals surface area contributed by atoms with Crippen LogP contribution in [0.5, 0.6) is 0 Å². The summed E-state index contributed by atoms with van der Waals surface area (Å²) in [5, 5.41) is 0. The van der Waals surface area contributed by atoms with Gasteiger partial charge in [-0.1, -0.05) is 29.8 Å². The second-order valence-electron chi connectivity index (χ2n) is 6.09. The van der Waals surface area contributed by atoms with Gasteiger partial charge in [0.15, 0.2) is 0 Å². The molecule has 2 saturated heterocycles. The van der Waals surface area contributed by atoms with Crippen LogP contribution in [-0.2, 0) is 6.42 Å². The lowest BCUT2D eigenvalue weighted by molar-refractivity contribution is 0.129. The fourth-order valence-electron chi connectivity index (χ4n) is 3.81. The van der Waals surface area contributed by atoms with Crippen LogP contribution >= 0.6 is 0 Å². The Labute approximate surface area is 110 Å². The molecule has 1 aromatic carbocycles. The summed E-state index contributed by atoms with van der Waals surface area (Å²) < 4.78 is 0. The van der Waals surface area contributed by atoms with Gasteiger partial charge in [-0.3, -0.25) is 4.90 Å². The van der Waals surface area contributed by atoms with Crippen LogP contribution in [0.1, 0.15) is 36.8 Å². The van der Waals surface area contributed by atoms with Gasteiger partial charge in [0.1, 0.15) is 0 Å². The summed E-state index contributed by atoms with van der Waals surface area (Å²) in [5.74, 6) is 0. The molecule has 0 spiro atoms. The van der Waals surface area contributed by atoms with Crippen LogP contribution in [0, 0.1) is 6.92 Å². The second kappa shape index (κ2) is 5.02. The SMILES string of the molecule is Cc1cccc(CCN2C3CCC2CC(N)C3)c1. The van der Waals surface area contributed by atoms with Crippen molar-refractivity contribution in [3.05, 3.63) is 35.4 Å². The van der Waals surface area contributed by atoms with Crippen LogP contribution in [0.2, 0.25) is 0 Å². The third-order valence-corrected chi connectivity index (χ3v) is 4.66. The molecule has 2 N–H and O–H groups in total. The van der Waals surface area contributed by atoms with E-state index in [2.05, 4.69) is 36.1 Å². The lowest BCUT2D eigenvalue weighted by atomic mass is 9.97. The molecule has 2 heteroatoms. The van der Waals surface area contributed by atoms with E-state index >= 15 is 0 Å². The summed E-state index contributed by atoms with van der Waals surface area (Å²) in [7, 11) is 0. The van der Waals surface area contributed by atoms with Gasteiger partial charge in [0, 0.05) is 24.7 Å². The molecule has 2 bridgehead atoms. The summed E-state index contributed by atoms with van der Waals surface area (Å²) in [6.07, 6.45) is 6.34. The van der Waals surface area contributed by atoms with Crippen molar-refractivity contribution >= 4 is 0 Å². The molecule has 2 aliphatic rings. The number of hydrogen-bond acceptors (Lipinski definition) is 2. The topological polar surface area (TPSA) is 29.3 Å². The largest absolute Gasteiger partial charge is 0.328 e. The monoisotopic (exact) mass is 244 g/mol. The summed E-state index contributed by atoms with van der Waals surface area (Å²) in [6.45, 7) is 3.39. The Bertz CT molecular complexity index is 401. The zero-order valence-corrected chi connectivity index (χ0v) is 11.3. The second-order valence-corrected chi connectivity index (χ2v) is 6.09. The molecule has 0 aromatic heterocycles. The van der Waals surface area contributed by atoms with E-state index in [-0.39, 0.29) is 0 Å². The zero-order chi connectivity index (χ0) is 12.5. The first-order valence-corrected chi connectivity index (χ1v) is 7.29. The van der Waals surface area contributed by atoms with Gasteiger partial charge in [-0.15, -0.1) is 0 Å². The first-order valence-electron chi connectivity index (χ1n) is 7.29. The molecular weight excluding hydrogens is 220 g/mol. The molecule has 0 aliphatic carbocycles. The summed E-state index contributed by atoms with van der Waals surface area (Å²) >= 11 is 0. The Morgan fingerprint density at radius 1 is 1.22 bits per heavy atom. The molecule has 2 nitrogen and oxygen atoms in total. The Morgan fingerprint density at radius 2 is 1.94 bits per heavy atom. The van der Waals surface area contributed by atoms with Crippen molar-refractivity contribution in [2.75, 3.05) is 6.54 Å². The molecule has 98 valence electrons. The molecule has 0 amide bonds. The van der Waals surface area contributed by atoms with E-state index in [9.17, 15) is 0 Å². The van der Waals surface area contributed by atoms with Gasteiger partial charge < -0.3 is 5.73 Å². The fourth-order valence-corrected chi connectivity index (χ4v) is 3.81. The molecule has 2 unspecified atom stereocenters. The van der Waals surface area contributed by atoms with Crippen LogP contribution in [-0.4, -0.2) is 29.6 Å².